The Hall–Kier alpha value is -10.6. The first-order chi connectivity index (χ1) is 47.2. The molecular formula is C67H65F6N17O7. The number of aliphatic hydroxyl groups is 1. The summed E-state index contributed by atoms with van der Waals surface area (Å²) >= 11 is 0. The fourth-order valence-corrected chi connectivity index (χ4v) is 12.8. The first-order valence-electron chi connectivity index (χ1n) is 31.4. The summed E-state index contributed by atoms with van der Waals surface area (Å²) in [6, 6.07) is 8.96. The number of halogens is 6. The molecule has 0 aliphatic carbocycles. The number of ether oxygens (including phenoxy) is 5. The van der Waals surface area contributed by atoms with Crippen molar-refractivity contribution < 1.29 is 60.0 Å². The largest absolute Gasteiger partial charge is 0.494 e. The van der Waals surface area contributed by atoms with Crippen LogP contribution in [0.25, 0.3) is 66.5 Å². The number of hydrogen-bond acceptors (Lipinski definition) is 18. The molecule has 4 N–H and O–H groups in total. The molecule has 0 radical (unpaired) electrons. The van der Waals surface area contributed by atoms with E-state index >= 15 is 26.3 Å². The van der Waals surface area contributed by atoms with Crippen LogP contribution in [0.3, 0.4) is 0 Å². The second kappa shape index (κ2) is 26.9. The van der Waals surface area contributed by atoms with Crippen molar-refractivity contribution in [1.82, 2.24) is 84.8 Å². The molecule has 14 rings (SSSR count). The number of benzene rings is 3. The molecule has 0 bridgehead atoms. The minimum Gasteiger partial charge on any atom is -0.494 e. The molecule has 3 aromatic carbocycles. The van der Waals surface area contributed by atoms with Crippen LogP contribution in [-0.4, -0.2) is 164 Å². The Kier molecular flexibility index (Phi) is 17.7. The number of H-pyrrole nitrogens is 3. The number of hydrogen-bond donors (Lipinski definition) is 4. The van der Waals surface area contributed by atoms with Gasteiger partial charge in [0.15, 0.2) is 86.3 Å². The molecule has 502 valence electrons. The lowest BCUT2D eigenvalue weighted by atomic mass is 10.0. The molecule has 12 aromatic rings. The van der Waals surface area contributed by atoms with Crippen molar-refractivity contribution >= 4 is 33.1 Å². The van der Waals surface area contributed by atoms with Crippen molar-refractivity contribution in [2.45, 2.75) is 76.5 Å². The van der Waals surface area contributed by atoms with Crippen LogP contribution in [0, 0.1) is 34.9 Å². The van der Waals surface area contributed by atoms with Gasteiger partial charge in [0.05, 0.1) is 72.3 Å². The standard InChI is InChI=1S/C67H65F6N17O7/c1-35(86-10-6-42(7-11-86)89-32-40(29-78-89)37-17-45-50(80-84-66(45)75-26-37)19-47-59(68)53(92-2)22-54(93-3)60(47)69)34-96-57-23-55(94-4)61(70)48(63(57)72)20-51-46-18-38(27-76-67(46)85-81-51)41-30-79-90(33-41)43-8-12-88(13-9-43)97-58-24-56(95-5)62(71)49(64(58)73)21-52-44-16-36(25-74-65(44)83-82-52)39-28-77-87(31-39)14-15-91/h16-18,22-33,35,42-43,91H,6-15,19-21,34H2,1-5H3,(H,74,82,83)(H,75,80,84)(H,76,81,85). The van der Waals surface area contributed by atoms with Gasteiger partial charge < -0.3 is 33.6 Å². The molecule has 30 heteroatoms. The third kappa shape index (κ3) is 12.5. The van der Waals surface area contributed by atoms with E-state index in [0.29, 0.717) is 107 Å². The van der Waals surface area contributed by atoms with Crippen molar-refractivity contribution in [2.24, 2.45) is 0 Å². The Bertz CT molecular complexity index is 4850. The second-order valence-electron chi connectivity index (χ2n) is 24.0. The Balaban J connectivity index is 0.592. The van der Waals surface area contributed by atoms with Crippen LogP contribution < -0.4 is 28.5 Å². The first kappa shape index (κ1) is 63.8. The van der Waals surface area contributed by atoms with E-state index in [9.17, 15) is 5.11 Å². The Morgan fingerprint density at radius 1 is 0.474 bits per heavy atom. The predicted octanol–water partition coefficient (Wildman–Crippen LogP) is 10.5. The van der Waals surface area contributed by atoms with E-state index in [-0.39, 0.29) is 102 Å². The highest BCUT2D eigenvalue weighted by Gasteiger charge is 2.31. The molecule has 1 atom stereocenters. The third-order valence-electron chi connectivity index (χ3n) is 18.2. The van der Waals surface area contributed by atoms with Crippen LogP contribution in [0.4, 0.5) is 26.3 Å². The number of hydroxylamine groups is 2. The van der Waals surface area contributed by atoms with Crippen LogP contribution in [0.5, 0.6) is 34.5 Å². The van der Waals surface area contributed by atoms with Crippen LogP contribution in [-0.2, 0) is 25.8 Å². The highest BCUT2D eigenvalue weighted by molar-refractivity contribution is 5.85. The third-order valence-corrected chi connectivity index (χ3v) is 18.2. The molecule has 2 saturated heterocycles. The smallest absolute Gasteiger partial charge is 0.187 e. The van der Waals surface area contributed by atoms with Gasteiger partial charge in [-0.15, -0.1) is 5.06 Å². The summed E-state index contributed by atoms with van der Waals surface area (Å²) in [7, 11) is 5.20. The number of aromatic amines is 3. The van der Waals surface area contributed by atoms with E-state index in [2.05, 4.69) is 55.5 Å². The van der Waals surface area contributed by atoms with E-state index in [1.807, 2.05) is 46.9 Å². The number of pyridine rings is 3. The highest BCUT2D eigenvalue weighted by atomic mass is 19.2. The average molecular weight is 1330 g/mol. The van der Waals surface area contributed by atoms with Crippen molar-refractivity contribution in [3.8, 4) is 67.9 Å². The number of methoxy groups -OCH3 is 4. The zero-order chi connectivity index (χ0) is 67.2. The summed E-state index contributed by atoms with van der Waals surface area (Å²) in [6.45, 7) is 4.48. The molecule has 2 aliphatic rings. The van der Waals surface area contributed by atoms with Gasteiger partial charge in [0, 0.05) is 190 Å². The number of aromatic nitrogens is 15. The molecule has 24 nitrogen and oxygen atoms in total. The molecule has 97 heavy (non-hydrogen) atoms. The zero-order valence-corrected chi connectivity index (χ0v) is 53.2. The summed E-state index contributed by atoms with van der Waals surface area (Å²) in [5.41, 5.74) is 6.00. The number of piperidine rings is 2. The predicted molar refractivity (Wildman–Crippen MR) is 341 cm³/mol. The van der Waals surface area contributed by atoms with Gasteiger partial charge in [-0.2, -0.15) is 30.6 Å². The molecule has 11 heterocycles. The maximum absolute atomic E-state index is 16.7. The quantitative estimate of drug-likeness (QED) is 0.0434. The SMILES string of the molecule is COc1cc(OC)c(F)c(Cc2[nH]nc3ncc(-c4cnn(C5CCN(C(C)COc6cc(OC)c(F)c(Cc7[nH]nc8ncc(-c9cnn(C%10CCN(Oc%11cc(OC)c(F)c(Cc%12[nH]nc%13ncc(-c%14cnn(CCO)c%14)cc%12%13)c%11F)CC%10)c9)cc78)c6F)CC5)c4)cc23)c1F. The number of rotatable bonds is 23. The fourth-order valence-electron chi connectivity index (χ4n) is 12.8. The Labute approximate surface area is 549 Å². The summed E-state index contributed by atoms with van der Waals surface area (Å²) in [5, 5.41) is 47.9. The van der Waals surface area contributed by atoms with Gasteiger partial charge in [-0.1, -0.05) is 0 Å². The number of fused-ring (bicyclic) bond motifs is 3. The summed E-state index contributed by atoms with van der Waals surface area (Å²) < 4.78 is 129. The van der Waals surface area contributed by atoms with Gasteiger partial charge in [0.25, 0.3) is 0 Å². The van der Waals surface area contributed by atoms with Gasteiger partial charge in [-0.3, -0.25) is 34.2 Å². The van der Waals surface area contributed by atoms with Crippen molar-refractivity contribution in [2.75, 3.05) is 67.8 Å². The van der Waals surface area contributed by atoms with Crippen molar-refractivity contribution in [3.63, 3.8) is 0 Å². The van der Waals surface area contributed by atoms with E-state index < -0.39 is 34.9 Å². The normalized spacial score (nSPS) is 14.7. The van der Waals surface area contributed by atoms with Crippen molar-refractivity contribution in [1.29, 1.82) is 0 Å². The van der Waals surface area contributed by atoms with E-state index in [4.69, 9.17) is 38.7 Å². The zero-order valence-electron chi connectivity index (χ0n) is 53.2. The Morgan fingerprint density at radius 3 is 1.29 bits per heavy atom. The fraction of sp³-hybridized carbons (Fsp3) is 0.328. The lowest BCUT2D eigenvalue weighted by molar-refractivity contribution is -0.0838. The first-order valence-corrected chi connectivity index (χ1v) is 31.4. The monoisotopic (exact) mass is 1330 g/mol. The van der Waals surface area contributed by atoms with E-state index in [1.54, 1.807) is 53.1 Å². The maximum atomic E-state index is 16.7. The van der Waals surface area contributed by atoms with E-state index in [0.717, 1.165) is 41.2 Å². The van der Waals surface area contributed by atoms with Crippen LogP contribution >= 0.6 is 0 Å². The maximum Gasteiger partial charge on any atom is 0.187 e. The number of nitrogens with zero attached hydrogens (tertiary/aromatic N) is 14. The van der Waals surface area contributed by atoms with Gasteiger partial charge in [-0.25, -0.2) is 41.3 Å². The van der Waals surface area contributed by atoms with Crippen LogP contribution in [0.1, 0.15) is 78.5 Å². The number of nitrogens with one attached hydrogen (secondary N) is 3. The molecule has 0 amide bonds. The highest BCUT2D eigenvalue weighted by Crippen LogP contribution is 2.40. The summed E-state index contributed by atoms with van der Waals surface area (Å²) in [5.74, 6) is -6.23. The lowest BCUT2D eigenvalue weighted by Crippen LogP contribution is -2.43. The molecule has 2 fully saturated rings. The van der Waals surface area contributed by atoms with Gasteiger partial charge in [-0.05, 0) is 50.8 Å². The molecular weight excluding hydrogens is 1270 g/mol. The van der Waals surface area contributed by atoms with Crippen molar-refractivity contribution in [3.05, 3.63) is 161 Å². The summed E-state index contributed by atoms with van der Waals surface area (Å²) in [6.07, 6.45) is 17.7. The minimum absolute atomic E-state index is 0.0640. The summed E-state index contributed by atoms with van der Waals surface area (Å²) in [4.78, 5) is 21.9. The van der Waals surface area contributed by atoms with Gasteiger partial charge in [0.2, 0.25) is 0 Å². The van der Waals surface area contributed by atoms with Crippen LogP contribution in [0.15, 0.2) is 92.2 Å². The number of aliphatic hydroxyl groups excluding tert-OH is 1. The average Bonchev–Trinajstić information content (AvgIpc) is 1.76. The molecule has 9 aromatic heterocycles. The van der Waals surface area contributed by atoms with Gasteiger partial charge >= 0.3 is 0 Å². The Morgan fingerprint density at radius 2 is 0.856 bits per heavy atom. The van der Waals surface area contributed by atoms with E-state index in [1.165, 1.54) is 40.6 Å². The van der Waals surface area contributed by atoms with Gasteiger partial charge in [0.1, 0.15) is 6.61 Å². The lowest BCUT2D eigenvalue weighted by Gasteiger charge is -2.36. The molecule has 1 unspecified atom stereocenters. The molecule has 2 aliphatic heterocycles. The van der Waals surface area contributed by atoms with Crippen LogP contribution in [0.2, 0.25) is 0 Å². The molecule has 0 spiro atoms. The molecule has 0 saturated carbocycles. The number of likely N-dealkylation sites (tertiary alicyclic amines) is 1. The second-order valence-corrected chi connectivity index (χ2v) is 24.0. The topological polar surface area (TPSA) is 260 Å². The minimum atomic E-state index is -0.889.